The van der Waals surface area contributed by atoms with Crippen LogP contribution in [0.15, 0.2) is 0 Å². The molecule has 9 heavy (non-hydrogen) atoms. The minimum Gasteiger partial charge on any atom is -0.376 e. The fourth-order valence-corrected chi connectivity index (χ4v) is 1.34. The third-order valence-corrected chi connectivity index (χ3v) is 2.33. The van der Waals surface area contributed by atoms with Crippen LogP contribution >= 0.6 is 0 Å². The fraction of sp³-hybridized carbons (Fsp3) is 1.00. The molecule has 2 unspecified atom stereocenters. The van der Waals surface area contributed by atoms with Gasteiger partial charge in [-0.1, -0.05) is 0 Å². The topological polar surface area (TPSA) is 35.2 Å². The number of ether oxygens (including phenoxy) is 1. The van der Waals surface area contributed by atoms with Crippen molar-refractivity contribution in [3.63, 3.8) is 0 Å². The van der Waals surface area contributed by atoms with Crippen molar-refractivity contribution < 1.29 is 4.74 Å². The van der Waals surface area contributed by atoms with Crippen molar-refractivity contribution in [2.24, 2.45) is 11.7 Å². The molecule has 2 rings (SSSR count). The van der Waals surface area contributed by atoms with E-state index in [1.165, 1.54) is 19.3 Å². The van der Waals surface area contributed by atoms with Gasteiger partial charge in [0.05, 0.1) is 6.10 Å². The van der Waals surface area contributed by atoms with Gasteiger partial charge in [0.25, 0.3) is 0 Å². The minimum absolute atomic E-state index is 0.360. The second kappa shape index (κ2) is 1.96. The van der Waals surface area contributed by atoms with E-state index in [-0.39, 0.29) is 0 Å². The molecular weight excluding hydrogens is 114 g/mol. The number of hydrogen-bond acceptors (Lipinski definition) is 2. The smallest absolute Gasteiger partial charge is 0.0750 e. The van der Waals surface area contributed by atoms with Gasteiger partial charge < -0.3 is 10.5 Å². The van der Waals surface area contributed by atoms with Crippen LogP contribution in [0.3, 0.4) is 0 Å². The Morgan fingerprint density at radius 1 is 1.33 bits per heavy atom. The van der Waals surface area contributed by atoms with E-state index in [0.29, 0.717) is 12.1 Å². The third kappa shape index (κ3) is 0.970. The molecule has 0 bridgehead atoms. The summed E-state index contributed by atoms with van der Waals surface area (Å²) in [6.07, 6.45) is 4.28. The summed E-state index contributed by atoms with van der Waals surface area (Å²) in [7, 11) is 0. The van der Waals surface area contributed by atoms with Crippen LogP contribution in [0.2, 0.25) is 0 Å². The lowest BCUT2D eigenvalue weighted by molar-refractivity contribution is -0.0680. The van der Waals surface area contributed by atoms with Gasteiger partial charge in [0.1, 0.15) is 0 Å². The molecule has 1 aliphatic heterocycles. The van der Waals surface area contributed by atoms with Gasteiger partial charge in [-0.3, -0.25) is 0 Å². The summed E-state index contributed by atoms with van der Waals surface area (Å²) in [4.78, 5) is 0. The number of rotatable bonds is 2. The Kier molecular flexibility index (Phi) is 1.24. The SMILES string of the molecule is NC(C1CC1)C1CCO1. The summed E-state index contributed by atoms with van der Waals surface area (Å²) in [5.74, 6) is 0.801. The zero-order valence-electron chi connectivity index (χ0n) is 5.55. The maximum atomic E-state index is 5.86. The van der Waals surface area contributed by atoms with Gasteiger partial charge in [-0.05, 0) is 25.2 Å². The Labute approximate surface area is 55.4 Å². The Hall–Kier alpha value is -0.0800. The summed E-state index contributed by atoms with van der Waals surface area (Å²) in [6, 6.07) is 0.360. The van der Waals surface area contributed by atoms with Crippen LogP contribution in [0.1, 0.15) is 19.3 Å². The Morgan fingerprint density at radius 2 is 2.00 bits per heavy atom. The summed E-state index contributed by atoms with van der Waals surface area (Å²) >= 11 is 0. The first-order valence-electron chi connectivity index (χ1n) is 3.75. The molecule has 1 saturated carbocycles. The zero-order valence-corrected chi connectivity index (χ0v) is 5.55. The van der Waals surface area contributed by atoms with Crippen LogP contribution in [0, 0.1) is 5.92 Å². The van der Waals surface area contributed by atoms with E-state index in [4.69, 9.17) is 10.5 Å². The average Bonchev–Trinajstić information content (AvgIpc) is 2.37. The molecule has 0 aromatic rings. The molecule has 52 valence electrons. The summed E-state index contributed by atoms with van der Waals surface area (Å²) in [5.41, 5.74) is 5.86. The summed E-state index contributed by atoms with van der Waals surface area (Å²) < 4.78 is 5.27. The van der Waals surface area contributed by atoms with Crippen molar-refractivity contribution in [1.82, 2.24) is 0 Å². The molecule has 2 heteroatoms. The molecule has 0 aromatic heterocycles. The van der Waals surface area contributed by atoms with E-state index in [2.05, 4.69) is 0 Å². The van der Waals surface area contributed by atoms with Crippen LogP contribution in [-0.2, 0) is 4.74 Å². The molecule has 2 fully saturated rings. The van der Waals surface area contributed by atoms with Crippen molar-refractivity contribution in [2.45, 2.75) is 31.4 Å². The Bertz CT molecular complexity index is 107. The Morgan fingerprint density at radius 3 is 2.33 bits per heavy atom. The lowest BCUT2D eigenvalue weighted by Crippen LogP contribution is -2.45. The van der Waals surface area contributed by atoms with Gasteiger partial charge in [0.2, 0.25) is 0 Å². The van der Waals surface area contributed by atoms with Crippen LogP contribution in [0.25, 0.3) is 0 Å². The highest BCUT2D eigenvalue weighted by atomic mass is 16.5. The number of nitrogens with two attached hydrogens (primary N) is 1. The van der Waals surface area contributed by atoms with Gasteiger partial charge in [-0.15, -0.1) is 0 Å². The predicted octanol–water partition coefficient (Wildman–Crippen LogP) is 0.513. The highest BCUT2D eigenvalue weighted by Gasteiger charge is 2.37. The van der Waals surface area contributed by atoms with E-state index >= 15 is 0 Å². The first-order valence-corrected chi connectivity index (χ1v) is 3.75. The van der Waals surface area contributed by atoms with E-state index in [9.17, 15) is 0 Å². The van der Waals surface area contributed by atoms with Crippen molar-refractivity contribution in [3.05, 3.63) is 0 Å². The lowest BCUT2D eigenvalue weighted by atomic mass is 10.0. The third-order valence-electron chi connectivity index (χ3n) is 2.33. The molecule has 2 N–H and O–H groups in total. The maximum Gasteiger partial charge on any atom is 0.0750 e. The molecule has 1 saturated heterocycles. The van der Waals surface area contributed by atoms with E-state index in [1.54, 1.807) is 0 Å². The van der Waals surface area contributed by atoms with E-state index in [0.717, 1.165) is 12.5 Å². The van der Waals surface area contributed by atoms with Crippen LogP contribution in [-0.4, -0.2) is 18.8 Å². The highest BCUT2D eigenvalue weighted by molar-refractivity contribution is 4.91. The van der Waals surface area contributed by atoms with Crippen LogP contribution < -0.4 is 5.73 Å². The standard InChI is InChI=1S/C7H13NO/c8-7(5-1-2-5)6-3-4-9-6/h5-7H,1-4,8H2. The van der Waals surface area contributed by atoms with Gasteiger partial charge in [-0.25, -0.2) is 0 Å². The van der Waals surface area contributed by atoms with Crippen LogP contribution in [0.5, 0.6) is 0 Å². The molecule has 2 nitrogen and oxygen atoms in total. The molecule has 0 spiro atoms. The highest BCUT2D eigenvalue weighted by Crippen LogP contribution is 2.35. The average molecular weight is 127 g/mol. The molecule has 2 atom stereocenters. The second-order valence-electron chi connectivity index (χ2n) is 3.11. The first-order chi connectivity index (χ1) is 4.38. The van der Waals surface area contributed by atoms with Crippen molar-refractivity contribution in [1.29, 1.82) is 0 Å². The van der Waals surface area contributed by atoms with Crippen LogP contribution in [0.4, 0.5) is 0 Å². The lowest BCUT2D eigenvalue weighted by Gasteiger charge is -2.31. The van der Waals surface area contributed by atoms with Gasteiger partial charge >= 0.3 is 0 Å². The minimum atomic E-state index is 0.360. The van der Waals surface area contributed by atoms with Crippen molar-refractivity contribution in [2.75, 3.05) is 6.61 Å². The van der Waals surface area contributed by atoms with Crippen molar-refractivity contribution >= 4 is 0 Å². The molecule has 2 aliphatic rings. The summed E-state index contributed by atoms with van der Waals surface area (Å²) in [6.45, 7) is 0.936. The monoisotopic (exact) mass is 127 g/mol. The second-order valence-corrected chi connectivity index (χ2v) is 3.11. The van der Waals surface area contributed by atoms with Gasteiger partial charge in [-0.2, -0.15) is 0 Å². The van der Waals surface area contributed by atoms with E-state index in [1.807, 2.05) is 0 Å². The predicted molar refractivity (Wildman–Crippen MR) is 35.1 cm³/mol. The van der Waals surface area contributed by atoms with Gasteiger partial charge in [0, 0.05) is 12.6 Å². The number of hydrogen-bond donors (Lipinski definition) is 1. The molecule has 1 aliphatic carbocycles. The molecule has 0 radical (unpaired) electrons. The first kappa shape index (κ1) is 5.69. The summed E-state index contributed by atoms with van der Waals surface area (Å²) in [5, 5.41) is 0. The largest absolute Gasteiger partial charge is 0.376 e. The molecule has 1 heterocycles. The van der Waals surface area contributed by atoms with Crippen molar-refractivity contribution in [3.8, 4) is 0 Å². The maximum absolute atomic E-state index is 5.86. The zero-order chi connectivity index (χ0) is 6.27. The van der Waals surface area contributed by atoms with E-state index < -0.39 is 0 Å². The fourth-order valence-electron chi connectivity index (χ4n) is 1.34. The van der Waals surface area contributed by atoms with Gasteiger partial charge in [0.15, 0.2) is 0 Å². The Balaban J connectivity index is 1.81. The molecular formula is C7H13NO. The molecule has 0 amide bonds. The quantitative estimate of drug-likeness (QED) is 0.586. The molecule has 0 aromatic carbocycles. The normalized spacial score (nSPS) is 37.7.